The first kappa shape index (κ1) is 28.5. The molecule has 0 aliphatic carbocycles. The SMILES string of the molecule is Cc1nc(-c2ccc3c(c2)nc(CN2CCC(c4cccc5c4O[C@@](C)(c4ccc(Cl)cc4F)O5)CC2)n3C[C@@H]2CCO2)n[nH]1. The predicted octanol–water partition coefficient (Wildman–Crippen LogP) is 6.73. The number of aromatic nitrogens is 5. The maximum absolute atomic E-state index is 14.9. The number of rotatable bonds is 7. The number of piperidine rings is 1. The normalized spacial score (nSPS) is 21.8. The van der Waals surface area contributed by atoms with E-state index in [0.29, 0.717) is 33.8 Å². The summed E-state index contributed by atoms with van der Waals surface area (Å²) in [7, 11) is 0. The van der Waals surface area contributed by atoms with Gasteiger partial charge in [-0.2, -0.15) is 5.10 Å². The molecule has 5 aromatic rings. The predicted molar refractivity (Wildman–Crippen MR) is 168 cm³/mol. The first-order chi connectivity index (χ1) is 21.8. The van der Waals surface area contributed by atoms with E-state index in [9.17, 15) is 4.39 Å². The van der Waals surface area contributed by atoms with Gasteiger partial charge in [0.15, 0.2) is 17.3 Å². The molecule has 2 atom stereocenters. The molecular formula is C34H34ClFN6O3. The van der Waals surface area contributed by atoms with Crippen molar-refractivity contribution in [3.63, 3.8) is 0 Å². The van der Waals surface area contributed by atoms with Crippen LogP contribution >= 0.6 is 11.6 Å². The van der Waals surface area contributed by atoms with E-state index in [1.807, 2.05) is 19.1 Å². The average Bonchev–Trinajstić information content (AvgIpc) is 3.69. The van der Waals surface area contributed by atoms with Crippen LogP contribution in [-0.4, -0.2) is 55.4 Å². The molecule has 0 radical (unpaired) electrons. The first-order valence-corrected chi connectivity index (χ1v) is 15.9. The van der Waals surface area contributed by atoms with Crippen LogP contribution in [0, 0.1) is 12.7 Å². The molecule has 9 nitrogen and oxygen atoms in total. The van der Waals surface area contributed by atoms with Gasteiger partial charge in [0.1, 0.15) is 17.5 Å². The number of likely N-dealkylation sites (tertiary alicyclic amines) is 1. The Hall–Kier alpha value is -3.99. The zero-order valence-corrected chi connectivity index (χ0v) is 26.0. The number of nitrogens with zero attached hydrogens (tertiary/aromatic N) is 5. The minimum absolute atomic E-state index is 0.219. The summed E-state index contributed by atoms with van der Waals surface area (Å²) >= 11 is 6.00. The Morgan fingerprint density at radius 1 is 1.04 bits per heavy atom. The number of H-pyrrole nitrogens is 1. The zero-order valence-electron chi connectivity index (χ0n) is 25.2. The highest BCUT2D eigenvalue weighted by Crippen LogP contribution is 2.50. The van der Waals surface area contributed by atoms with Gasteiger partial charge in [0.05, 0.1) is 35.8 Å². The highest BCUT2D eigenvalue weighted by Gasteiger charge is 2.43. The maximum atomic E-state index is 14.9. The Kier molecular flexibility index (Phi) is 7.04. The number of aryl methyl sites for hydroxylation is 1. The third-order valence-corrected chi connectivity index (χ3v) is 9.52. The van der Waals surface area contributed by atoms with E-state index < -0.39 is 11.6 Å². The van der Waals surface area contributed by atoms with E-state index in [-0.39, 0.29) is 6.10 Å². The number of hydrogen-bond acceptors (Lipinski definition) is 7. The van der Waals surface area contributed by atoms with E-state index >= 15 is 0 Å². The Morgan fingerprint density at radius 2 is 1.89 bits per heavy atom. The monoisotopic (exact) mass is 628 g/mol. The van der Waals surface area contributed by atoms with Crippen LogP contribution in [0.1, 0.15) is 54.9 Å². The minimum Gasteiger partial charge on any atom is -0.444 e. The molecule has 232 valence electrons. The van der Waals surface area contributed by atoms with Crippen molar-refractivity contribution in [3.05, 3.63) is 88.2 Å². The lowest BCUT2D eigenvalue weighted by molar-refractivity contribution is -0.0712. The Morgan fingerprint density at radius 3 is 2.62 bits per heavy atom. The number of aromatic amines is 1. The summed E-state index contributed by atoms with van der Waals surface area (Å²) in [5.74, 6) is 2.42. The molecule has 2 saturated heterocycles. The molecule has 45 heavy (non-hydrogen) atoms. The Bertz CT molecular complexity index is 1900. The largest absolute Gasteiger partial charge is 0.444 e. The second kappa shape index (κ2) is 11.1. The van der Waals surface area contributed by atoms with Gasteiger partial charge in [-0.25, -0.2) is 14.4 Å². The van der Waals surface area contributed by atoms with E-state index in [4.69, 9.17) is 30.8 Å². The van der Waals surface area contributed by atoms with Crippen LogP contribution in [0.5, 0.6) is 11.5 Å². The first-order valence-electron chi connectivity index (χ1n) is 15.5. The molecule has 3 aliphatic rings. The summed E-state index contributed by atoms with van der Waals surface area (Å²) in [5, 5.41) is 7.59. The van der Waals surface area contributed by atoms with Gasteiger partial charge in [-0.1, -0.05) is 23.7 Å². The zero-order chi connectivity index (χ0) is 30.7. The van der Waals surface area contributed by atoms with Gasteiger partial charge in [0.25, 0.3) is 5.79 Å². The standard InChI is InChI=1S/C34H34ClFN6O3/c1-20-37-33(40-39-20)22-6-9-29-28(16-22)38-31(42(29)18-24-12-15-43-24)19-41-13-10-21(11-14-41)25-4-3-5-30-32(25)45-34(2,44-30)26-8-7-23(35)17-27(26)36/h3-9,16-17,21,24H,10-15,18-19H2,1-2H3,(H,37,39,40)/t24-,34-/m0/s1. The molecular weight excluding hydrogens is 595 g/mol. The van der Waals surface area contributed by atoms with Crippen LogP contribution in [0.25, 0.3) is 22.4 Å². The molecule has 0 bridgehead atoms. The van der Waals surface area contributed by atoms with Crippen LogP contribution in [0.2, 0.25) is 5.02 Å². The number of nitrogens with one attached hydrogen (secondary N) is 1. The summed E-state index contributed by atoms with van der Waals surface area (Å²) in [5.41, 5.74) is 4.41. The fraction of sp³-hybridized carbons (Fsp3) is 0.382. The quantitative estimate of drug-likeness (QED) is 0.214. The van der Waals surface area contributed by atoms with Gasteiger partial charge in [-0.15, -0.1) is 0 Å². The van der Waals surface area contributed by atoms with E-state index in [1.54, 1.807) is 19.1 Å². The van der Waals surface area contributed by atoms with Crippen LogP contribution in [-0.2, 0) is 23.6 Å². The number of hydrogen-bond donors (Lipinski definition) is 1. The third kappa shape index (κ3) is 5.24. The Labute approximate surface area is 265 Å². The van der Waals surface area contributed by atoms with Crippen molar-refractivity contribution in [2.45, 2.75) is 64.0 Å². The van der Waals surface area contributed by atoms with Gasteiger partial charge < -0.3 is 18.8 Å². The third-order valence-electron chi connectivity index (χ3n) is 9.29. The second-order valence-electron chi connectivity index (χ2n) is 12.4. The second-order valence-corrected chi connectivity index (χ2v) is 12.8. The fourth-order valence-electron chi connectivity index (χ4n) is 6.79. The fourth-order valence-corrected chi connectivity index (χ4v) is 6.95. The molecule has 0 unspecified atom stereocenters. The van der Waals surface area contributed by atoms with E-state index in [0.717, 1.165) is 85.9 Å². The maximum Gasteiger partial charge on any atom is 0.278 e. The van der Waals surface area contributed by atoms with Crippen molar-refractivity contribution in [1.82, 2.24) is 29.6 Å². The molecule has 0 amide bonds. The van der Waals surface area contributed by atoms with Gasteiger partial charge in [-0.05, 0) is 87.7 Å². The van der Waals surface area contributed by atoms with Crippen molar-refractivity contribution < 1.29 is 18.6 Å². The van der Waals surface area contributed by atoms with Gasteiger partial charge in [-0.3, -0.25) is 10.00 Å². The lowest BCUT2D eigenvalue weighted by atomic mass is 9.88. The number of fused-ring (bicyclic) bond motifs is 2. The number of benzene rings is 3. The van der Waals surface area contributed by atoms with E-state index in [2.05, 4.69) is 48.9 Å². The summed E-state index contributed by atoms with van der Waals surface area (Å²) in [6.45, 7) is 7.86. The van der Waals surface area contributed by atoms with Gasteiger partial charge in [0, 0.05) is 29.7 Å². The number of ether oxygens (including phenoxy) is 3. The molecule has 11 heteroatoms. The van der Waals surface area contributed by atoms with Crippen molar-refractivity contribution in [3.8, 4) is 22.9 Å². The molecule has 8 rings (SSSR count). The minimum atomic E-state index is -1.26. The molecule has 0 saturated carbocycles. The molecule has 0 spiro atoms. The average molecular weight is 629 g/mol. The molecule has 3 aromatic carbocycles. The topological polar surface area (TPSA) is 90.3 Å². The highest BCUT2D eigenvalue weighted by atomic mass is 35.5. The number of para-hydroxylation sites is 1. The summed E-state index contributed by atoms with van der Waals surface area (Å²) in [6, 6.07) is 16.8. The van der Waals surface area contributed by atoms with E-state index in [1.165, 1.54) is 6.07 Å². The summed E-state index contributed by atoms with van der Waals surface area (Å²) < 4.78 is 35.6. The van der Waals surface area contributed by atoms with Crippen molar-refractivity contribution in [2.75, 3.05) is 19.7 Å². The lowest BCUT2D eigenvalue weighted by Gasteiger charge is -2.33. The Balaban J connectivity index is 1.000. The molecule has 1 N–H and O–H groups in total. The summed E-state index contributed by atoms with van der Waals surface area (Å²) in [6.07, 6.45) is 3.21. The van der Waals surface area contributed by atoms with Crippen LogP contribution < -0.4 is 9.47 Å². The number of imidazole rings is 1. The van der Waals surface area contributed by atoms with Crippen molar-refractivity contribution >= 4 is 22.6 Å². The molecule has 3 aliphatic heterocycles. The number of halogens is 2. The molecule has 2 aromatic heterocycles. The molecule has 2 fully saturated rings. The van der Waals surface area contributed by atoms with Crippen molar-refractivity contribution in [1.29, 1.82) is 0 Å². The molecule has 5 heterocycles. The van der Waals surface area contributed by atoms with Crippen LogP contribution in [0.3, 0.4) is 0 Å². The van der Waals surface area contributed by atoms with Gasteiger partial charge in [0.2, 0.25) is 0 Å². The van der Waals surface area contributed by atoms with Crippen LogP contribution in [0.4, 0.5) is 4.39 Å². The van der Waals surface area contributed by atoms with Crippen LogP contribution in [0.15, 0.2) is 54.6 Å². The van der Waals surface area contributed by atoms with Crippen molar-refractivity contribution in [2.24, 2.45) is 0 Å². The smallest absolute Gasteiger partial charge is 0.278 e. The highest BCUT2D eigenvalue weighted by molar-refractivity contribution is 6.30. The summed E-state index contributed by atoms with van der Waals surface area (Å²) in [4.78, 5) is 12.1. The van der Waals surface area contributed by atoms with Gasteiger partial charge >= 0.3 is 0 Å². The lowest BCUT2D eigenvalue weighted by Crippen LogP contribution is -2.35.